The van der Waals surface area contributed by atoms with Crippen molar-refractivity contribution >= 4 is 22.9 Å². The summed E-state index contributed by atoms with van der Waals surface area (Å²) in [5, 5.41) is 2.81. The van der Waals surface area contributed by atoms with E-state index >= 15 is 0 Å². The van der Waals surface area contributed by atoms with Gasteiger partial charge in [-0.25, -0.2) is 13.8 Å². The van der Waals surface area contributed by atoms with Gasteiger partial charge in [0.1, 0.15) is 4.99 Å². The Morgan fingerprint density at radius 1 is 1.37 bits per heavy atom. The molecule has 3 N–H and O–H groups in total. The number of aromatic nitrogens is 2. The van der Waals surface area contributed by atoms with Crippen molar-refractivity contribution in [3.05, 3.63) is 48.1 Å². The largest absolute Gasteiger partial charge is 0.389 e. The SMILES string of the molecule is NC(=S)c1ccc(NCCn2ccnc2)c(F)c1F. The van der Waals surface area contributed by atoms with E-state index in [4.69, 9.17) is 5.73 Å². The quantitative estimate of drug-likeness (QED) is 0.823. The Morgan fingerprint density at radius 3 is 2.79 bits per heavy atom. The number of nitrogens with zero attached hydrogens (tertiary/aromatic N) is 2. The highest BCUT2D eigenvalue weighted by atomic mass is 32.1. The second-order valence-electron chi connectivity index (χ2n) is 3.88. The average molecular weight is 282 g/mol. The molecule has 0 atom stereocenters. The number of hydrogen-bond acceptors (Lipinski definition) is 3. The minimum atomic E-state index is -1.03. The lowest BCUT2D eigenvalue weighted by Gasteiger charge is -2.10. The van der Waals surface area contributed by atoms with E-state index in [0.717, 1.165) is 0 Å². The smallest absolute Gasteiger partial charge is 0.182 e. The van der Waals surface area contributed by atoms with Crippen LogP contribution in [0.15, 0.2) is 30.9 Å². The molecule has 100 valence electrons. The molecule has 0 aliphatic heterocycles. The highest BCUT2D eigenvalue weighted by Crippen LogP contribution is 2.20. The third-order valence-electron chi connectivity index (χ3n) is 2.59. The molecular weight excluding hydrogens is 270 g/mol. The molecule has 0 fully saturated rings. The van der Waals surface area contributed by atoms with E-state index in [1.165, 1.54) is 12.1 Å². The van der Waals surface area contributed by atoms with Gasteiger partial charge in [-0.2, -0.15) is 0 Å². The summed E-state index contributed by atoms with van der Waals surface area (Å²) in [6, 6.07) is 2.78. The molecule has 0 saturated carbocycles. The number of rotatable bonds is 5. The van der Waals surface area contributed by atoms with Gasteiger partial charge in [0.05, 0.1) is 12.0 Å². The van der Waals surface area contributed by atoms with Crippen LogP contribution in [0.4, 0.5) is 14.5 Å². The van der Waals surface area contributed by atoms with E-state index in [2.05, 4.69) is 22.5 Å². The zero-order valence-corrected chi connectivity index (χ0v) is 10.8. The van der Waals surface area contributed by atoms with Crippen LogP contribution in [0.3, 0.4) is 0 Å². The molecule has 0 spiro atoms. The molecule has 0 aliphatic rings. The van der Waals surface area contributed by atoms with Gasteiger partial charge in [0.15, 0.2) is 11.6 Å². The van der Waals surface area contributed by atoms with Gasteiger partial charge in [-0.05, 0) is 12.1 Å². The molecular formula is C12H12F2N4S. The van der Waals surface area contributed by atoms with Crippen molar-refractivity contribution in [2.24, 2.45) is 5.73 Å². The van der Waals surface area contributed by atoms with Crippen molar-refractivity contribution < 1.29 is 8.78 Å². The van der Waals surface area contributed by atoms with Gasteiger partial charge in [0, 0.05) is 31.0 Å². The molecule has 1 heterocycles. The van der Waals surface area contributed by atoms with E-state index in [9.17, 15) is 8.78 Å². The summed E-state index contributed by atoms with van der Waals surface area (Å²) in [6.07, 6.45) is 5.08. The number of hydrogen-bond donors (Lipinski definition) is 2. The van der Waals surface area contributed by atoms with Gasteiger partial charge in [-0.1, -0.05) is 12.2 Å². The van der Waals surface area contributed by atoms with Crippen LogP contribution in [0.2, 0.25) is 0 Å². The first-order valence-corrected chi connectivity index (χ1v) is 5.98. The molecule has 0 aliphatic carbocycles. The molecule has 4 nitrogen and oxygen atoms in total. The Bertz CT molecular complexity index is 584. The first-order valence-electron chi connectivity index (χ1n) is 5.57. The molecule has 1 aromatic carbocycles. The lowest BCUT2D eigenvalue weighted by atomic mass is 10.2. The van der Waals surface area contributed by atoms with Crippen LogP contribution in [0.25, 0.3) is 0 Å². The molecule has 0 unspecified atom stereocenters. The second-order valence-corrected chi connectivity index (χ2v) is 4.32. The third kappa shape index (κ3) is 3.05. The van der Waals surface area contributed by atoms with Gasteiger partial charge in [0.25, 0.3) is 0 Å². The summed E-state index contributed by atoms with van der Waals surface area (Å²) < 4.78 is 29.2. The lowest BCUT2D eigenvalue weighted by Crippen LogP contribution is -2.15. The molecule has 0 saturated heterocycles. The highest BCUT2D eigenvalue weighted by Gasteiger charge is 2.14. The van der Waals surface area contributed by atoms with E-state index in [1.54, 1.807) is 18.7 Å². The van der Waals surface area contributed by atoms with Crippen LogP contribution in [0, 0.1) is 11.6 Å². The fourth-order valence-corrected chi connectivity index (χ4v) is 1.77. The van der Waals surface area contributed by atoms with Gasteiger partial charge < -0.3 is 15.6 Å². The summed E-state index contributed by atoms with van der Waals surface area (Å²) in [4.78, 5) is 3.72. The average Bonchev–Trinajstić information content (AvgIpc) is 2.87. The maximum atomic E-state index is 13.7. The summed E-state index contributed by atoms with van der Waals surface area (Å²) in [6.45, 7) is 1.04. The molecule has 0 radical (unpaired) electrons. The van der Waals surface area contributed by atoms with Crippen molar-refractivity contribution in [1.29, 1.82) is 0 Å². The first-order chi connectivity index (χ1) is 9.09. The van der Waals surface area contributed by atoms with E-state index in [1.807, 2.05) is 4.57 Å². The predicted octanol–water partition coefficient (Wildman–Crippen LogP) is 1.91. The van der Waals surface area contributed by atoms with Crippen molar-refractivity contribution in [2.75, 3.05) is 11.9 Å². The van der Waals surface area contributed by atoms with Gasteiger partial charge in [-0.3, -0.25) is 0 Å². The number of thiocarbonyl (C=S) groups is 1. The summed E-state index contributed by atoms with van der Waals surface area (Å²) in [5.41, 5.74) is 5.28. The molecule has 0 bridgehead atoms. The fourth-order valence-electron chi connectivity index (χ4n) is 1.61. The van der Waals surface area contributed by atoms with Crippen LogP contribution >= 0.6 is 12.2 Å². The van der Waals surface area contributed by atoms with Crippen molar-refractivity contribution in [3.8, 4) is 0 Å². The lowest BCUT2D eigenvalue weighted by molar-refractivity contribution is 0.509. The number of nitrogens with one attached hydrogen (secondary N) is 1. The minimum absolute atomic E-state index is 0.0811. The van der Waals surface area contributed by atoms with Crippen LogP contribution in [0.1, 0.15) is 5.56 Å². The summed E-state index contributed by atoms with van der Waals surface area (Å²) in [7, 11) is 0. The first kappa shape index (κ1) is 13.4. The van der Waals surface area contributed by atoms with E-state index in [0.29, 0.717) is 13.1 Å². The monoisotopic (exact) mass is 282 g/mol. The summed E-state index contributed by atoms with van der Waals surface area (Å²) in [5.74, 6) is -2.00. The summed E-state index contributed by atoms with van der Waals surface area (Å²) >= 11 is 4.63. The number of imidazole rings is 1. The highest BCUT2D eigenvalue weighted by molar-refractivity contribution is 7.80. The van der Waals surface area contributed by atoms with E-state index in [-0.39, 0.29) is 16.2 Å². The number of nitrogens with two attached hydrogens (primary N) is 1. The topological polar surface area (TPSA) is 55.9 Å². The van der Waals surface area contributed by atoms with Crippen LogP contribution in [-0.2, 0) is 6.54 Å². The zero-order chi connectivity index (χ0) is 13.8. The third-order valence-corrected chi connectivity index (χ3v) is 2.81. The predicted molar refractivity (Wildman–Crippen MR) is 73.0 cm³/mol. The van der Waals surface area contributed by atoms with Crippen LogP contribution < -0.4 is 11.1 Å². The maximum Gasteiger partial charge on any atom is 0.182 e. The van der Waals surface area contributed by atoms with Crippen LogP contribution in [-0.4, -0.2) is 21.1 Å². The molecule has 1 aromatic heterocycles. The molecule has 2 rings (SSSR count). The number of halogens is 2. The standard InChI is InChI=1S/C12H12F2N4S/c13-10-8(12(15)19)1-2-9(11(10)14)17-4-6-18-5-3-16-7-18/h1-3,5,7,17H,4,6H2,(H2,15,19). The Morgan fingerprint density at radius 2 is 2.16 bits per heavy atom. The fraction of sp³-hybridized carbons (Fsp3) is 0.167. The van der Waals surface area contributed by atoms with E-state index < -0.39 is 11.6 Å². The van der Waals surface area contributed by atoms with Crippen molar-refractivity contribution in [2.45, 2.75) is 6.54 Å². The zero-order valence-electron chi connectivity index (χ0n) is 9.94. The van der Waals surface area contributed by atoms with Crippen molar-refractivity contribution in [1.82, 2.24) is 9.55 Å². The Labute approximate surface area is 114 Å². The number of benzene rings is 1. The Hall–Kier alpha value is -2.02. The molecule has 19 heavy (non-hydrogen) atoms. The Kier molecular flexibility index (Phi) is 4.06. The van der Waals surface area contributed by atoms with Crippen LogP contribution in [0.5, 0.6) is 0 Å². The van der Waals surface area contributed by atoms with Gasteiger partial charge in [-0.15, -0.1) is 0 Å². The molecule has 0 amide bonds. The normalized spacial score (nSPS) is 10.4. The minimum Gasteiger partial charge on any atom is -0.389 e. The second kappa shape index (κ2) is 5.75. The molecule has 2 aromatic rings. The Balaban J connectivity index is 2.05. The van der Waals surface area contributed by atoms with Gasteiger partial charge in [0.2, 0.25) is 0 Å². The maximum absolute atomic E-state index is 13.7. The van der Waals surface area contributed by atoms with Crippen molar-refractivity contribution in [3.63, 3.8) is 0 Å². The molecule has 7 heteroatoms. The van der Waals surface area contributed by atoms with Gasteiger partial charge >= 0.3 is 0 Å². The number of anilines is 1.